The van der Waals surface area contributed by atoms with Crippen LogP contribution in [0.2, 0.25) is 0 Å². The Morgan fingerprint density at radius 2 is 2.04 bits per heavy atom. The Morgan fingerprint density at radius 1 is 1.27 bits per heavy atom. The molecule has 0 saturated heterocycles. The molecule has 3 heterocycles. The molecule has 0 aliphatic carbocycles. The predicted molar refractivity (Wildman–Crippen MR) is 106 cm³/mol. The molecule has 1 aromatic carbocycles. The summed E-state index contributed by atoms with van der Waals surface area (Å²) in [6.07, 6.45) is 3.91. The molecule has 3 N–H and O–H groups in total. The normalized spacial score (nSPS) is 11.1. The van der Waals surface area contributed by atoms with Gasteiger partial charge in [-0.05, 0) is 30.3 Å². The molecule has 0 amide bonds. The number of hydrogen-bond donors (Lipinski definition) is 2. The average molecular weight is 364 g/mol. The van der Waals surface area contributed by atoms with E-state index in [1.54, 1.807) is 23.0 Å². The lowest BCUT2D eigenvalue weighted by molar-refractivity contribution is 0.896. The fourth-order valence-electron chi connectivity index (χ4n) is 3.07. The van der Waals surface area contributed by atoms with Gasteiger partial charge in [-0.15, -0.1) is 0 Å². The van der Waals surface area contributed by atoms with Crippen LogP contribution in [0.3, 0.4) is 0 Å². The number of fused-ring (bicyclic) bond motifs is 3. The Bertz CT molecular complexity index is 1200. The number of nitrogens with one attached hydrogen (secondary N) is 1. The number of benzene rings is 1. The minimum absolute atomic E-state index is 0.0132. The number of aromatic nitrogens is 4. The molecule has 7 nitrogen and oxygen atoms in total. The van der Waals surface area contributed by atoms with Crippen molar-refractivity contribution in [2.75, 3.05) is 5.43 Å². The minimum Gasteiger partial charge on any atom is -0.375 e. The zero-order valence-corrected chi connectivity index (χ0v) is 14.8. The molecule has 4 rings (SSSR count). The van der Waals surface area contributed by atoms with E-state index in [1.165, 1.54) is 4.68 Å². The summed E-state index contributed by atoms with van der Waals surface area (Å²) in [6, 6.07) is 11.8. The van der Waals surface area contributed by atoms with Gasteiger partial charge in [0.1, 0.15) is 0 Å². The largest absolute Gasteiger partial charge is 0.375 e. The molecule has 4 aromatic rings. The first-order valence-electron chi connectivity index (χ1n) is 8.14. The Labute approximate surface area is 154 Å². The van der Waals surface area contributed by atoms with E-state index in [9.17, 15) is 4.79 Å². The lowest BCUT2D eigenvalue weighted by Gasteiger charge is -2.08. The molecule has 0 atom stereocenters. The number of pyridine rings is 1. The second kappa shape index (κ2) is 6.23. The summed E-state index contributed by atoms with van der Waals surface area (Å²) >= 11 is 4.80. The highest BCUT2D eigenvalue weighted by atomic mass is 32.1. The summed E-state index contributed by atoms with van der Waals surface area (Å²) in [5.41, 5.74) is 12.2. The summed E-state index contributed by atoms with van der Waals surface area (Å²) < 4.78 is 2.96. The van der Waals surface area contributed by atoms with E-state index in [2.05, 4.69) is 17.3 Å². The van der Waals surface area contributed by atoms with Crippen LogP contribution in [-0.4, -0.2) is 24.4 Å². The predicted octanol–water partition coefficient (Wildman–Crippen LogP) is 2.06. The lowest BCUT2D eigenvalue weighted by atomic mass is 10.0. The number of thiocarbonyl (C=S) groups is 1. The van der Waals surface area contributed by atoms with Gasteiger partial charge in [-0.3, -0.25) is 10.2 Å². The fourth-order valence-corrected chi connectivity index (χ4v) is 3.17. The van der Waals surface area contributed by atoms with E-state index in [0.717, 1.165) is 28.9 Å². The van der Waals surface area contributed by atoms with E-state index in [0.29, 0.717) is 10.9 Å². The highest BCUT2D eigenvalue weighted by Gasteiger charge is 2.17. The van der Waals surface area contributed by atoms with Crippen LogP contribution in [0.15, 0.2) is 53.6 Å². The smallest absolute Gasteiger partial charge is 0.280 e. The van der Waals surface area contributed by atoms with E-state index >= 15 is 0 Å². The molecule has 26 heavy (non-hydrogen) atoms. The molecule has 3 aromatic heterocycles. The summed E-state index contributed by atoms with van der Waals surface area (Å²) in [5.74, 6) is 0. The Hall–Kier alpha value is -3.26. The van der Waals surface area contributed by atoms with Crippen molar-refractivity contribution in [3.63, 3.8) is 0 Å². The number of rotatable bonds is 3. The van der Waals surface area contributed by atoms with E-state index in [-0.39, 0.29) is 10.7 Å². The third-order valence-corrected chi connectivity index (χ3v) is 4.30. The van der Waals surface area contributed by atoms with Crippen molar-refractivity contribution < 1.29 is 0 Å². The molecular formula is C18H16N6OS. The van der Waals surface area contributed by atoms with Gasteiger partial charge in [0.25, 0.3) is 5.56 Å². The number of hydrogen-bond acceptors (Lipinski definition) is 4. The third-order valence-electron chi connectivity index (χ3n) is 4.21. The standard InChI is InChI=1S/C18H16N6OS/c1-2-13-15(11-6-4-3-5-7-11)16-20-10-12-14(24(16)21-13)8-9-23(17(12)25)22-18(19)26/h3-10H,2H2,1H3,(H3,19,22,26). The monoisotopic (exact) mass is 364 g/mol. The molecule has 8 heteroatoms. The van der Waals surface area contributed by atoms with Crippen molar-refractivity contribution in [3.05, 3.63) is 64.8 Å². The maximum absolute atomic E-state index is 12.6. The summed E-state index contributed by atoms with van der Waals surface area (Å²) in [5, 5.41) is 5.14. The highest BCUT2D eigenvalue weighted by Crippen LogP contribution is 2.29. The lowest BCUT2D eigenvalue weighted by Crippen LogP contribution is -2.35. The molecule has 0 fully saturated rings. The summed E-state index contributed by atoms with van der Waals surface area (Å²) in [6.45, 7) is 2.05. The SMILES string of the molecule is CCc1nn2c(ncc3c(=O)n(NC(N)=S)ccc32)c1-c1ccccc1. The van der Waals surface area contributed by atoms with Gasteiger partial charge < -0.3 is 5.73 Å². The molecule has 0 spiro atoms. The molecule has 0 aliphatic heterocycles. The highest BCUT2D eigenvalue weighted by molar-refractivity contribution is 7.80. The Kier molecular flexibility index (Phi) is 3.89. The van der Waals surface area contributed by atoms with Crippen LogP contribution in [0.25, 0.3) is 27.7 Å². The first kappa shape index (κ1) is 16.2. The first-order valence-corrected chi connectivity index (χ1v) is 8.55. The van der Waals surface area contributed by atoms with Gasteiger partial charge in [0, 0.05) is 18.0 Å². The first-order chi connectivity index (χ1) is 12.6. The van der Waals surface area contributed by atoms with Gasteiger partial charge in [0.05, 0.1) is 16.6 Å². The fraction of sp³-hybridized carbons (Fsp3) is 0.111. The van der Waals surface area contributed by atoms with E-state index in [4.69, 9.17) is 23.1 Å². The average Bonchev–Trinajstić information content (AvgIpc) is 3.03. The zero-order chi connectivity index (χ0) is 18.3. The van der Waals surface area contributed by atoms with Gasteiger partial charge in [0.15, 0.2) is 10.8 Å². The molecule has 0 aliphatic rings. The number of aryl methyl sites for hydroxylation is 1. The van der Waals surface area contributed by atoms with Gasteiger partial charge in [-0.2, -0.15) is 5.10 Å². The second-order valence-electron chi connectivity index (χ2n) is 5.80. The van der Waals surface area contributed by atoms with Crippen molar-refractivity contribution in [2.45, 2.75) is 13.3 Å². The van der Waals surface area contributed by atoms with E-state index < -0.39 is 0 Å². The molecule has 0 bridgehead atoms. The second-order valence-corrected chi connectivity index (χ2v) is 6.24. The summed E-state index contributed by atoms with van der Waals surface area (Å²) in [4.78, 5) is 17.2. The topological polar surface area (TPSA) is 90.2 Å². The maximum atomic E-state index is 12.6. The number of nitrogens with zero attached hydrogens (tertiary/aromatic N) is 4. The van der Waals surface area contributed by atoms with Crippen LogP contribution in [0.4, 0.5) is 0 Å². The third kappa shape index (κ3) is 2.51. The molecule has 0 saturated carbocycles. The Morgan fingerprint density at radius 3 is 2.73 bits per heavy atom. The van der Waals surface area contributed by atoms with Crippen LogP contribution in [-0.2, 0) is 6.42 Å². The maximum Gasteiger partial charge on any atom is 0.280 e. The van der Waals surface area contributed by atoms with Gasteiger partial charge in [-0.25, -0.2) is 14.2 Å². The van der Waals surface area contributed by atoms with Crippen LogP contribution in [0.1, 0.15) is 12.6 Å². The number of nitrogens with two attached hydrogens (primary N) is 1. The van der Waals surface area contributed by atoms with Crippen LogP contribution in [0.5, 0.6) is 0 Å². The van der Waals surface area contributed by atoms with Crippen LogP contribution in [0, 0.1) is 0 Å². The quantitative estimate of drug-likeness (QED) is 0.541. The van der Waals surface area contributed by atoms with E-state index in [1.807, 2.05) is 30.3 Å². The molecule has 0 unspecified atom stereocenters. The van der Waals surface area contributed by atoms with Gasteiger partial charge in [-0.1, -0.05) is 37.3 Å². The van der Waals surface area contributed by atoms with Crippen LogP contribution >= 0.6 is 12.2 Å². The summed E-state index contributed by atoms with van der Waals surface area (Å²) in [7, 11) is 0. The zero-order valence-electron chi connectivity index (χ0n) is 14.0. The minimum atomic E-state index is -0.292. The van der Waals surface area contributed by atoms with Gasteiger partial charge >= 0.3 is 0 Å². The Balaban J connectivity index is 2.03. The molecular weight excluding hydrogens is 348 g/mol. The van der Waals surface area contributed by atoms with Crippen LogP contribution < -0.4 is 16.7 Å². The molecule has 0 radical (unpaired) electrons. The van der Waals surface area contributed by atoms with Crippen molar-refractivity contribution >= 4 is 33.9 Å². The van der Waals surface area contributed by atoms with Crippen molar-refractivity contribution in [1.82, 2.24) is 19.3 Å². The van der Waals surface area contributed by atoms with Crippen molar-refractivity contribution in [3.8, 4) is 11.1 Å². The van der Waals surface area contributed by atoms with Crippen molar-refractivity contribution in [2.24, 2.45) is 5.73 Å². The van der Waals surface area contributed by atoms with Gasteiger partial charge in [0.2, 0.25) is 0 Å². The van der Waals surface area contributed by atoms with Crippen molar-refractivity contribution in [1.29, 1.82) is 0 Å². The molecule has 130 valence electrons.